The summed E-state index contributed by atoms with van der Waals surface area (Å²) in [5.41, 5.74) is 4.77. The van der Waals surface area contributed by atoms with Crippen molar-refractivity contribution >= 4 is 22.7 Å². The van der Waals surface area contributed by atoms with Crippen LogP contribution in [-0.2, 0) is 13.0 Å². The number of hydrogen-bond donors (Lipinski definition) is 1. The van der Waals surface area contributed by atoms with Crippen LogP contribution in [-0.4, -0.2) is 23.7 Å². The summed E-state index contributed by atoms with van der Waals surface area (Å²) < 4.78 is 17.4. The number of imidazole rings is 1. The van der Waals surface area contributed by atoms with E-state index in [1.54, 1.807) is 13.2 Å². The molecular weight excluding hydrogens is 438 g/mol. The van der Waals surface area contributed by atoms with Gasteiger partial charge in [-0.05, 0) is 54.8 Å². The largest absolute Gasteiger partial charge is 0.497 e. The predicted molar refractivity (Wildman–Crippen MR) is 138 cm³/mol. The zero-order valence-corrected chi connectivity index (χ0v) is 19.9. The highest BCUT2D eigenvalue weighted by molar-refractivity contribution is 5.91. The van der Waals surface area contributed by atoms with Crippen molar-refractivity contribution in [2.24, 2.45) is 0 Å². The minimum absolute atomic E-state index is 0.408. The van der Waals surface area contributed by atoms with Crippen LogP contribution in [0.5, 0.6) is 17.2 Å². The SMILES string of the molecule is C=CCc1cc(/C=C(/C#N)c2nc3ccc(OC)cc3[nH]2)cc(OCC)c1OCc1ccccc1. The van der Waals surface area contributed by atoms with E-state index in [1.807, 2.05) is 73.7 Å². The summed E-state index contributed by atoms with van der Waals surface area (Å²) in [6.45, 7) is 6.73. The number of ether oxygens (including phenoxy) is 3. The minimum Gasteiger partial charge on any atom is -0.497 e. The fraction of sp³-hybridized carbons (Fsp3) is 0.172. The van der Waals surface area contributed by atoms with Crippen molar-refractivity contribution in [3.63, 3.8) is 0 Å². The average Bonchev–Trinajstić information content (AvgIpc) is 3.31. The lowest BCUT2D eigenvalue weighted by atomic mass is 10.0. The number of aromatic nitrogens is 2. The van der Waals surface area contributed by atoms with E-state index in [2.05, 4.69) is 22.6 Å². The first kappa shape index (κ1) is 23.7. The number of hydrogen-bond acceptors (Lipinski definition) is 5. The topological polar surface area (TPSA) is 80.2 Å². The molecule has 0 fully saturated rings. The number of nitriles is 1. The standard InChI is InChI=1S/C29H27N3O3/c1-4-9-22-14-21(16-27(34-5-2)28(22)35-19-20-10-7-6-8-11-20)15-23(18-30)29-31-25-13-12-24(33-3)17-26(25)32-29/h4,6-8,10-17H,1,5,9,19H2,2-3H3,(H,31,32)/b23-15-. The molecule has 0 spiro atoms. The summed E-state index contributed by atoms with van der Waals surface area (Å²) in [6, 6.07) is 21.7. The first-order valence-corrected chi connectivity index (χ1v) is 11.4. The van der Waals surface area contributed by atoms with E-state index in [4.69, 9.17) is 14.2 Å². The second-order valence-electron chi connectivity index (χ2n) is 7.85. The van der Waals surface area contributed by atoms with E-state index in [1.165, 1.54) is 0 Å². The summed E-state index contributed by atoms with van der Waals surface area (Å²) in [6.07, 6.45) is 4.22. The highest BCUT2D eigenvalue weighted by Gasteiger charge is 2.15. The van der Waals surface area contributed by atoms with Gasteiger partial charge in [0.1, 0.15) is 24.3 Å². The third kappa shape index (κ3) is 5.53. The van der Waals surface area contributed by atoms with Crippen molar-refractivity contribution in [2.45, 2.75) is 20.0 Å². The van der Waals surface area contributed by atoms with Crippen LogP contribution in [0.2, 0.25) is 0 Å². The number of rotatable bonds is 10. The first-order chi connectivity index (χ1) is 17.1. The summed E-state index contributed by atoms with van der Waals surface area (Å²) >= 11 is 0. The van der Waals surface area contributed by atoms with Crippen molar-refractivity contribution in [1.82, 2.24) is 9.97 Å². The molecule has 1 aromatic heterocycles. The number of methoxy groups -OCH3 is 1. The van der Waals surface area contributed by atoms with E-state index in [0.717, 1.165) is 33.5 Å². The molecule has 1 heterocycles. The Bertz CT molecular complexity index is 1400. The zero-order chi connectivity index (χ0) is 24.6. The maximum absolute atomic E-state index is 9.90. The Hall–Kier alpha value is -4.50. The number of H-pyrrole nitrogens is 1. The molecule has 4 aromatic rings. The molecule has 6 heteroatoms. The molecule has 35 heavy (non-hydrogen) atoms. The van der Waals surface area contributed by atoms with E-state index in [-0.39, 0.29) is 0 Å². The normalized spacial score (nSPS) is 11.2. The second-order valence-corrected chi connectivity index (χ2v) is 7.85. The minimum atomic E-state index is 0.408. The highest BCUT2D eigenvalue weighted by Crippen LogP contribution is 2.36. The quantitative estimate of drug-likeness (QED) is 0.218. The lowest BCUT2D eigenvalue weighted by Crippen LogP contribution is -2.03. The van der Waals surface area contributed by atoms with Crippen LogP contribution < -0.4 is 14.2 Å². The van der Waals surface area contributed by atoms with E-state index in [0.29, 0.717) is 42.5 Å². The van der Waals surface area contributed by atoms with Gasteiger partial charge in [-0.2, -0.15) is 5.26 Å². The fourth-order valence-corrected chi connectivity index (χ4v) is 3.79. The zero-order valence-electron chi connectivity index (χ0n) is 19.9. The maximum Gasteiger partial charge on any atom is 0.165 e. The van der Waals surface area contributed by atoms with Crippen molar-refractivity contribution in [2.75, 3.05) is 13.7 Å². The molecule has 176 valence electrons. The molecule has 0 saturated heterocycles. The monoisotopic (exact) mass is 465 g/mol. The van der Waals surface area contributed by atoms with Gasteiger partial charge in [0.05, 0.1) is 30.3 Å². The predicted octanol–water partition coefficient (Wildman–Crippen LogP) is 6.34. The van der Waals surface area contributed by atoms with Crippen LogP contribution in [0.3, 0.4) is 0 Å². The van der Waals surface area contributed by atoms with Crippen LogP contribution in [0.25, 0.3) is 22.7 Å². The van der Waals surface area contributed by atoms with Gasteiger partial charge in [0.15, 0.2) is 11.5 Å². The Kier molecular flexibility index (Phi) is 7.49. The Balaban J connectivity index is 1.72. The molecule has 0 aliphatic heterocycles. The summed E-state index contributed by atoms with van der Waals surface area (Å²) in [4.78, 5) is 7.80. The third-order valence-corrected chi connectivity index (χ3v) is 5.42. The molecule has 0 saturated carbocycles. The van der Waals surface area contributed by atoms with Gasteiger partial charge in [-0.1, -0.05) is 36.4 Å². The second kappa shape index (κ2) is 11.1. The maximum atomic E-state index is 9.90. The van der Waals surface area contributed by atoms with Crippen molar-refractivity contribution in [3.05, 3.63) is 95.8 Å². The molecule has 0 unspecified atom stereocenters. The van der Waals surface area contributed by atoms with Gasteiger partial charge in [-0.15, -0.1) is 6.58 Å². The molecule has 0 aliphatic carbocycles. The Labute approximate surface area is 205 Å². The van der Waals surface area contributed by atoms with Crippen LogP contribution >= 0.6 is 0 Å². The molecule has 6 nitrogen and oxygen atoms in total. The van der Waals surface area contributed by atoms with Gasteiger partial charge < -0.3 is 19.2 Å². The number of nitrogens with one attached hydrogen (secondary N) is 1. The molecular formula is C29H27N3O3. The third-order valence-electron chi connectivity index (χ3n) is 5.42. The lowest BCUT2D eigenvalue weighted by molar-refractivity contribution is 0.267. The lowest BCUT2D eigenvalue weighted by Gasteiger charge is -2.17. The smallest absolute Gasteiger partial charge is 0.165 e. The van der Waals surface area contributed by atoms with Crippen LogP contribution in [0.1, 0.15) is 29.4 Å². The van der Waals surface area contributed by atoms with Crippen molar-refractivity contribution in [3.8, 4) is 23.3 Å². The van der Waals surface area contributed by atoms with Crippen LogP contribution in [0, 0.1) is 11.3 Å². The molecule has 0 radical (unpaired) electrons. The first-order valence-electron chi connectivity index (χ1n) is 11.4. The van der Waals surface area contributed by atoms with Gasteiger partial charge in [-0.25, -0.2) is 4.98 Å². The van der Waals surface area contributed by atoms with Gasteiger partial charge in [0.2, 0.25) is 0 Å². The van der Waals surface area contributed by atoms with Crippen molar-refractivity contribution in [1.29, 1.82) is 5.26 Å². The van der Waals surface area contributed by atoms with Gasteiger partial charge >= 0.3 is 0 Å². The number of fused-ring (bicyclic) bond motifs is 1. The molecule has 0 amide bonds. The Morgan fingerprint density at radius 1 is 1.11 bits per heavy atom. The van der Waals surface area contributed by atoms with Gasteiger partial charge in [0, 0.05) is 11.6 Å². The molecule has 3 aromatic carbocycles. The fourth-order valence-electron chi connectivity index (χ4n) is 3.79. The van der Waals surface area contributed by atoms with E-state index in [9.17, 15) is 5.26 Å². The average molecular weight is 466 g/mol. The summed E-state index contributed by atoms with van der Waals surface area (Å²) in [7, 11) is 1.61. The Morgan fingerprint density at radius 2 is 1.94 bits per heavy atom. The van der Waals surface area contributed by atoms with E-state index < -0.39 is 0 Å². The van der Waals surface area contributed by atoms with E-state index >= 15 is 0 Å². The molecule has 0 atom stereocenters. The molecule has 0 bridgehead atoms. The number of benzene rings is 3. The van der Waals surface area contributed by atoms with Crippen LogP contribution in [0.4, 0.5) is 0 Å². The summed E-state index contributed by atoms with van der Waals surface area (Å²) in [5.74, 6) is 2.52. The number of allylic oxidation sites excluding steroid dienone is 2. The number of aromatic amines is 1. The van der Waals surface area contributed by atoms with Crippen molar-refractivity contribution < 1.29 is 14.2 Å². The number of nitrogens with zero attached hydrogens (tertiary/aromatic N) is 2. The molecule has 1 N–H and O–H groups in total. The van der Waals surface area contributed by atoms with Crippen LogP contribution in [0.15, 0.2) is 73.3 Å². The molecule has 4 rings (SSSR count). The highest BCUT2D eigenvalue weighted by atomic mass is 16.5. The Morgan fingerprint density at radius 3 is 2.66 bits per heavy atom. The molecule has 0 aliphatic rings. The van der Waals surface area contributed by atoms with Gasteiger partial charge in [-0.3, -0.25) is 0 Å². The van der Waals surface area contributed by atoms with Gasteiger partial charge in [0.25, 0.3) is 0 Å². The summed E-state index contributed by atoms with van der Waals surface area (Å²) in [5, 5.41) is 9.90.